The summed E-state index contributed by atoms with van der Waals surface area (Å²) in [6.45, 7) is 5.97. The molecule has 2 atom stereocenters. The van der Waals surface area contributed by atoms with Gasteiger partial charge in [-0.3, -0.25) is 9.69 Å². The van der Waals surface area contributed by atoms with Gasteiger partial charge in [0.2, 0.25) is 0 Å². The molecule has 102 valence electrons. The van der Waals surface area contributed by atoms with E-state index >= 15 is 0 Å². The molecule has 0 bridgehead atoms. The number of nitrogens with one attached hydrogen (secondary N) is 1. The van der Waals surface area contributed by atoms with E-state index in [4.69, 9.17) is 0 Å². The van der Waals surface area contributed by atoms with Crippen molar-refractivity contribution in [3.8, 4) is 0 Å². The van der Waals surface area contributed by atoms with E-state index in [1.807, 2.05) is 51.1 Å². The summed E-state index contributed by atoms with van der Waals surface area (Å²) in [4.78, 5) is 25.6. The van der Waals surface area contributed by atoms with Crippen molar-refractivity contribution in [2.24, 2.45) is 5.92 Å². The van der Waals surface area contributed by atoms with Gasteiger partial charge in [0.25, 0.3) is 5.91 Å². The molecule has 0 saturated carbocycles. The molecule has 1 N–H and O–H groups in total. The van der Waals surface area contributed by atoms with E-state index in [9.17, 15) is 9.59 Å². The van der Waals surface area contributed by atoms with Crippen LogP contribution in [0.2, 0.25) is 0 Å². The second kappa shape index (κ2) is 5.43. The first-order valence-corrected chi connectivity index (χ1v) is 6.69. The lowest BCUT2D eigenvalue weighted by molar-refractivity contribution is -0.129. The average Bonchev–Trinajstić information content (AvgIpc) is 2.64. The molecule has 1 heterocycles. The summed E-state index contributed by atoms with van der Waals surface area (Å²) in [5.41, 5.74) is 0.969. The summed E-state index contributed by atoms with van der Waals surface area (Å²) in [6, 6.07) is 8.72. The van der Waals surface area contributed by atoms with Gasteiger partial charge >= 0.3 is 6.03 Å². The fourth-order valence-electron chi connectivity index (χ4n) is 2.43. The number of hydrogen-bond donors (Lipinski definition) is 1. The average molecular weight is 260 g/mol. The normalized spacial score (nSPS) is 20.8. The minimum absolute atomic E-state index is 0.116. The van der Waals surface area contributed by atoms with Crippen LogP contribution in [0.15, 0.2) is 30.3 Å². The molecule has 4 nitrogen and oxygen atoms in total. The van der Waals surface area contributed by atoms with Gasteiger partial charge in [-0.15, -0.1) is 0 Å². The second-order valence-corrected chi connectivity index (χ2v) is 5.43. The Morgan fingerprint density at radius 1 is 1.16 bits per heavy atom. The fourth-order valence-corrected chi connectivity index (χ4v) is 2.43. The molecule has 1 saturated heterocycles. The van der Waals surface area contributed by atoms with Crippen molar-refractivity contribution in [3.05, 3.63) is 35.9 Å². The number of hydrogen-bond acceptors (Lipinski definition) is 2. The van der Waals surface area contributed by atoms with Gasteiger partial charge < -0.3 is 5.32 Å². The van der Waals surface area contributed by atoms with E-state index in [0.29, 0.717) is 12.3 Å². The number of amides is 3. The van der Waals surface area contributed by atoms with Gasteiger partial charge in [-0.25, -0.2) is 4.79 Å². The quantitative estimate of drug-likeness (QED) is 0.846. The summed E-state index contributed by atoms with van der Waals surface area (Å²) < 4.78 is 0. The van der Waals surface area contributed by atoms with Crippen LogP contribution in [-0.2, 0) is 4.79 Å². The molecule has 19 heavy (non-hydrogen) atoms. The minimum Gasteiger partial charge on any atom is -0.326 e. The Bertz CT molecular complexity index is 470. The minimum atomic E-state index is -0.376. The van der Waals surface area contributed by atoms with Gasteiger partial charge in [0, 0.05) is 0 Å². The smallest absolute Gasteiger partial charge is 0.325 e. The van der Waals surface area contributed by atoms with Crippen molar-refractivity contribution in [1.29, 1.82) is 0 Å². The molecule has 1 aromatic carbocycles. The Balaban J connectivity index is 2.16. The van der Waals surface area contributed by atoms with Crippen LogP contribution in [0.5, 0.6) is 0 Å². The monoisotopic (exact) mass is 260 g/mol. The number of benzene rings is 1. The van der Waals surface area contributed by atoms with E-state index < -0.39 is 0 Å². The third-order valence-corrected chi connectivity index (χ3v) is 3.43. The second-order valence-electron chi connectivity index (χ2n) is 5.43. The number of imide groups is 1. The highest BCUT2D eigenvalue weighted by Crippen LogP contribution is 2.25. The predicted octanol–water partition coefficient (Wildman–Crippen LogP) is 2.71. The van der Waals surface area contributed by atoms with Crippen molar-refractivity contribution in [2.45, 2.75) is 39.3 Å². The highest BCUT2D eigenvalue weighted by Gasteiger charge is 2.40. The van der Waals surface area contributed by atoms with Crippen molar-refractivity contribution in [1.82, 2.24) is 10.2 Å². The lowest BCUT2D eigenvalue weighted by Crippen LogP contribution is -2.34. The molecule has 1 aliphatic heterocycles. The van der Waals surface area contributed by atoms with Crippen LogP contribution < -0.4 is 5.32 Å². The molecule has 4 heteroatoms. The topological polar surface area (TPSA) is 49.4 Å². The molecule has 3 amide bonds. The van der Waals surface area contributed by atoms with Crippen LogP contribution in [-0.4, -0.2) is 22.9 Å². The molecule has 0 spiro atoms. The number of urea groups is 1. The Kier molecular flexibility index (Phi) is 3.88. The first-order chi connectivity index (χ1) is 9.00. The molecule has 0 radical (unpaired) electrons. The third kappa shape index (κ3) is 2.78. The van der Waals surface area contributed by atoms with Crippen molar-refractivity contribution >= 4 is 11.9 Å². The number of rotatable bonds is 4. The molecule has 0 aromatic heterocycles. The zero-order chi connectivity index (χ0) is 14.0. The van der Waals surface area contributed by atoms with Crippen LogP contribution in [0.25, 0.3) is 0 Å². The molecule has 1 fully saturated rings. The van der Waals surface area contributed by atoms with Crippen LogP contribution >= 0.6 is 0 Å². The van der Waals surface area contributed by atoms with Crippen molar-refractivity contribution in [2.75, 3.05) is 0 Å². The van der Waals surface area contributed by atoms with Gasteiger partial charge in [-0.1, -0.05) is 44.2 Å². The first kappa shape index (κ1) is 13.6. The Hall–Kier alpha value is -1.84. The third-order valence-electron chi connectivity index (χ3n) is 3.43. The standard InChI is InChI=1S/C15H20N2O2/c1-10(2)9-13-14(18)17(15(19)16-13)11(3)12-7-5-4-6-8-12/h4-8,10-11,13H,9H2,1-3H3,(H,16,19)/t11?,13-/m0/s1. The zero-order valence-corrected chi connectivity index (χ0v) is 11.6. The highest BCUT2D eigenvalue weighted by atomic mass is 16.2. The van der Waals surface area contributed by atoms with E-state index in [0.717, 1.165) is 5.56 Å². The number of carbonyl (C=O) groups is 2. The maximum Gasteiger partial charge on any atom is 0.325 e. The molecule has 2 rings (SSSR count). The van der Waals surface area contributed by atoms with E-state index in [1.165, 1.54) is 4.90 Å². The molecular weight excluding hydrogens is 240 g/mol. The SMILES string of the molecule is CC(C)C[C@@H]1NC(=O)N(C(C)c2ccccc2)C1=O. The molecule has 0 aliphatic carbocycles. The number of nitrogens with zero attached hydrogens (tertiary/aromatic N) is 1. The maximum absolute atomic E-state index is 12.3. The van der Waals surface area contributed by atoms with E-state index in [1.54, 1.807) is 0 Å². The van der Waals surface area contributed by atoms with Gasteiger partial charge in [-0.2, -0.15) is 0 Å². The summed E-state index contributed by atoms with van der Waals surface area (Å²) in [5.74, 6) is 0.260. The van der Waals surface area contributed by atoms with Gasteiger partial charge in [0.05, 0.1) is 6.04 Å². The summed E-state index contributed by atoms with van der Waals surface area (Å²) in [6.07, 6.45) is 0.683. The lowest BCUT2D eigenvalue weighted by Gasteiger charge is -2.22. The maximum atomic E-state index is 12.3. The fraction of sp³-hybridized carbons (Fsp3) is 0.467. The van der Waals surface area contributed by atoms with Gasteiger partial charge in [-0.05, 0) is 24.8 Å². The van der Waals surface area contributed by atoms with Crippen LogP contribution in [0.3, 0.4) is 0 Å². The van der Waals surface area contributed by atoms with Gasteiger partial charge in [0.1, 0.15) is 6.04 Å². The Labute approximate surface area is 113 Å². The van der Waals surface area contributed by atoms with Crippen LogP contribution in [0.4, 0.5) is 4.79 Å². The van der Waals surface area contributed by atoms with Crippen LogP contribution in [0, 0.1) is 5.92 Å². The predicted molar refractivity (Wildman–Crippen MR) is 73.5 cm³/mol. The summed E-state index contributed by atoms with van der Waals surface area (Å²) >= 11 is 0. The number of carbonyl (C=O) groups excluding carboxylic acids is 2. The zero-order valence-electron chi connectivity index (χ0n) is 11.6. The molecule has 1 aromatic rings. The molecule has 1 unspecified atom stereocenters. The van der Waals surface area contributed by atoms with E-state index in [-0.39, 0.29) is 24.0 Å². The van der Waals surface area contributed by atoms with Gasteiger partial charge in [0.15, 0.2) is 0 Å². The summed E-state index contributed by atoms with van der Waals surface area (Å²) in [7, 11) is 0. The lowest BCUT2D eigenvalue weighted by atomic mass is 10.0. The Morgan fingerprint density at radius 2 is 1.79 bits per heavy atom. The summed E-state index contributed by atoms with van der Waals surface area (Å²) in [5, 5.41) is 2.77. The Morgan fingerprint density at radius 3 is 2.37 bits per heavy atom. The highest BCUT2D eigenvalue weighted by molar-refractivity contribution is 6.04. The van der Waals surface area contributed by atoms with Crippen LogP contribution in [0.1, 0.15) is 38.8 Å². The van der Waals surface area contributed by atoms with Crippen molar-refractivity contribution in [3.63, 3.8) is 0 Å². The molecule has 1 aliphatic rings. The largest absolute Gasteiger partial charge is 0.326 e. The van der Waals surface area contributed by atoms with E-state index in [2.05, 4.69) is 5.32 Å². The van der Waals surface area contributed by atoms with Crippen molar-refractivity contribution < 1.29 is 9.59 Å². The molecular formula is C15H20N2O2. The first-order valence-electron chi connectivity index (χ1n) is 6.69.